The van der Waals surface area contributed by atoms with Crippen LogP contribution in [0.5, 0.6) is 0 Å². The van der Waals surface area contributed by atoms with Crippen LogP contribution in [0, 0.1) is 0 Å². The fourth-order valence-corrected chi connectivity index (χ4v) is 2.74. The van der Waals surface area contributed by atoms with Crippen molar-refractivity contribution in [3.05, 3.63) is 35.4 Å². The Morgan fingerprint density at radius 1 is 0.920 bits per heavy atom. The van der Waals surface area contributed by atoms with E-state index < -0.39 is 17.8 Å². The Kier molecular flexibility index (Phi) is 6.68. The molecule has 0 fully saturated rings. The van der Waals surface area contributed by atoms with Crippen LogP contribution in [0.25, 0.3) is 0 Å². The van der Waals surface area contributed by atoms with Crippen molar-refractivity contribution in [1.29, 1.82) is 0 Å². The summed E-state index contributed by atoms with van der Waals surface area (Å²) in [4.78, 5) is 47.6. The summed E-state index contributed by atoms with van der Waals surface area (Å²) in [6, 6.07) is 6.53. The molecule has 3 amide bonds. The number of amides is 3. The van der Waals surface area contributed by atoms with Crippen LogP contribution in [0.2, 0.25) is 0 Å². The summed E-state index contributed by atoms with van der Waals surface area (Å²) in [6.45, 7) is 0.200. The average molecular weight is 346 g/mol. The van der Waals surface area contributed by atoms with Gasteiger partial charge in [-0.05, 0) is 25.0 Å². The van der Waals surface area contributed by atoms with Gasteiger partial charge >= 0.3 is 5.97 Å². The number of rotatable bonds is 10. The van der Waals surface area contributed by atoms with E-state index in [4.69, 9.17) is 5.11 Å². The Morgan fingerprint density at radius 3 is 2.08 bits per heavy atom. The fourth-order valence-electron chi connectivity index (χ4n) is 2.74. The molecule has 0 saturated carbocycles. The Bertz CT molecular complexity index is 636. The van der Waals surface area contributed by atoms with Crippen LogP contribution < -0.4 is 5.32 Å². The quantitative estimate of drug-likeness (QED) is 0.497. The molecule has 1 aliphatic heterocycles. The molecule has 25 heavy (non-hydrogen) atoms. The highest BCUT2D eigenvalue weighted by Crippen LogP contribution is 2.21. The van der Waals surface area contributed by atoms with E-state index in [1.807, 2.05) is 0 Å². The van der Waals surface area contributed by atoms with Crippen LogP contribution in [0.15, 0.2) is 24.3 Å². The molecule has 1 aliphatic rings. The van der Waals surface area contributed by atoms with Gasteiger partial charge in [0.05, 0.1) is 11.1 Å². The minimum absolute atomic E-state index is 0.191. The first-order valence-electron chi connectivity index (χ1n) is 8.44. The van der Waals surface area contributed by atoms with Crippen molar-refractivity contribution in [3.8, 4) is 0 Å². The second kappa shape index (κ2) is 8.96. The third-order valence-corrected chi connectivity index (χ3v) is 4.07. The molecular formula is C18H22N2O5. The van der Waals surface area contributed by atoms with Gasteiger partial charge in [0.25, 0.3) is 11.8 Å². The van der Waals surface area contributed by atoms with Crippen LogP contribution >= 0.6 is 0 Å². The smallest absolute Gasteiger partial charge is 0.303 e. The number of aliphatic carboxylic acids is 1. The molecule has 0 aliphatic carbocycles. The monoisotopic (exact) mass is 346 g/mol. The van der Waals surface area contributed by atoms with Crippen molar-refractivity contribution in [2.45, 2.75) is 38.5 Å². The Labute approximate surface area is 146 Å². The third kappa shape index (κ3) is 5.14. The highest BCUT2D eigenvalue weighted by atomic mass is 16.4. The van der Waals surface area contributed by atoms with Gasteiger partial charge < -0.3 is 10.4 Å². The normalized spacial score (nSPS) is 13.0. The summed E-state index contributed by atoms with van der Waals surface area (Å²) < 4.78 is 0. The molecule has 0 bridgehead atoms. The molecule has 7 heteroatoms. The van der Waals surface area contributed by atoms with Gasteiger partial charge in [0.1, 0.15) is 6.54 Å². The second-order valence-electron chi connectivity index (χ2n) is 6.00. The SMILES string of the molecule is O=C(O)CCCCCCCNC(=O)CN1C(=O)c2ccccc2C1=O. The third-order valence-electron chi connectivity index (χ3n) is 4.07. The number of fused-ring (bicyclic) bond motifs is 1. The molecule has 1 aromatic rings. The molecule has 7 nitrogen and oxygen atoms in total. The lowest BCUT2D eigenvalue weighted by Crippen LogP contribution is -2.40. The summed E-state index contributed by atoms with van der Waals surface area (Å²) >= 11 is 0. The summed E-state index contributed by atoms with van der Waals surface area (Å²) in [7, 11) is 0. The van der Waals surface area contributed by atoms with E-state index in [0.717, 1.165) is 30.6 Å². The maximum atomic E-state index is 12.2. The molecule has 0 spiro atoms. The van der Waals surface area contributed by atoms with Crippen molar-refractivity contribution in [2.24, 2.45) is 0 Å². The number of unbranched alkanes of at least 4 members (excludes halogenated alkanes) is 4. The van der Waals surface area contributed by atoms with Crippen LogP contribution in [-0.2, 0) is 9.59 Å². The molecule has 2 rings (SSSR count). The number of benzene rings is 1. The summed E-state index contributed by atoms with van der Waals surface area (Å²) in [6.07, 6.45) is 4.31. The van der Waals surface area contributed by atoms with Gasteiger partial charge in [0.2, 0.25) is 5.91 Å². The van der Waals surface area contributed by atoms with Gasteiger partial charge in [0, 0.05) is 13.0 Å². The van der Waals surface area contributed by atoms with E-state index in [1.165, 1.54) is 0 Å². The van der Waals surface area contributed by atoms with E-state index >= 15 is 0 Å². The number of nitrogens with one attached hydrogen (secondary N) is 1. The predicted octanol–water partition coefficient (Wildman–Crippen LogP) is 1.82. The highest BCUT2D eigenvalue weighted by molar-refractivity contribution is 6.22. The lowest BCUT2D eigenvalue weighted by atomic mass is 10.1. The number of imide groups is 1. The maximum Gasteiger partial charge on any atom is 0.303 e. The molecule has 0 radical (unpaired) electrons. The largest absolute Gasteiger partial charge is 0.481 e. The van der Waals surface area contributed by atoms with E-state index in [-0.39, 0.29) is 18.9 Å². The van der Waals surface area contributed by atoms with Crippen molar-refractivity contribution < 1.29 is 24.3 Å². The Morgan fingerprint density at radius 2 is 1.48 bits per heavy atom. The zero-order chi connectivity index (χ0) is 18.2. The molecule has 1 heterocycles. The summed E-state index contributed by atoms with van der Waals surface area (Å²) in [5.41, 5.74) is 0.670. The first kappa shape index (κ1) is 18.6. The number of hydrogen-bond acceptors (Lipinski definition) is 4. The lowest BCUT2D eigenvalue weighted by molar-refractivity contribution is -0.137. The van der Waals surface area contributed by atoms with Crippen LogP contribution in [0.4, 0.5) is 0 Å². The van der Waals surface area contributed by atoms with Crippen molar-refractivity contribution >= 4 is 23.7 Å². The van der Waals surface area contributed by atoms with Gasteiger partial charge in [-0.15, -0.1) is 0 Å². The fraction of sp³-hybridized carbons (Fsp3) is 0.444. The second-order valence-corrected chi connectivity index (χ2v) is 6.00. The molecule has 0 atom stereocenters. The molecule has 134 valence electrons. The lowest BCUT2D eigenvalue weighted by Gasteiger charge is -2.13. The van der Waals surface area contributed by atoms with E-state index in [2.05, 4.69) is 5.32 Å². The maximum absolute atomic E-state index is 12.2. The number of carbonyl (C=O) groups is 4. The average Bonchev–Trinajstić information content (AvgIpc) is 2.82. The van der Waals surface area contributed by atoms with Crippen molar-refractivity contribution in [1.82, 2.24) is 10.2 Å². The number of carboxylic acids is 1. The molecule has 0 aromatic heterocycles. The highest BCUT2D eigenvalue weighted by Gasteiger charge is 2.36. The minimum Gasteiger partial charge on any atom is -0.481 e. The van der Waals surface area contributed by atoms with Crippen LogP contribution in [-0.4, -0.2) is 46.8 Å². The van der Waals surface area contributed by atoms with E-state index in [1.54, 1.807) is 24.3 Å². The summed E-state index contributed by atoms with van der Waals surface area (Å²) in [5, 5.41) is 11.2. The van der Waals surface area contributed by atoms with E-state index in [0.29, 0.717) is 24.1 Å². The number of nitrogens with zero attached hydrogens (tertiary/aromatic N) is 1. The first-order valence-corrected chi connectivity index (χ1v) is 8.44. The van der Waals surface area contributed by atoms with Crippen molar-refractivity contribution in [2.75, 3.05) is 13.1 Å². The molecule has 0 saturated heterocycles. The minimum atomic E-state index is -0.777. The zero-order valence-corrected chi connectivity index (χ0v) is 14.0. The van der Waals surface area contributed by atoms with Gasteiger partial charge in [-0.3, -0.25) is 24.1 Å². The standard InChI is InChI=1S/C18H22N2O5/c21-15(19-11-7-3-1-2-4-10-16(22)23)12-20-17(24)13-8-5-6-9-14(13)18(20)25/h5-6,8-9H,1-4,7,10-12H2,(H,19,21)(H,22,23). The topological polar surface area (TPSA) is 104 Å². The van der Waals surface area contributed by atoms with Crippen LogP contribution in [0.1, 0.15) is 59.2 Å². The molecule has 2 N–H and O–H groups in total. The van der Waals surface area contributed by atoms with Gasteiger partial charge in [-0.1, -0.05) is 31.4 Å². The number of carbonyl (C=O) groups excluding carboxylic acids is 3. The van der Waals surface area contributed by atoms with Gasteiger partial charge in [0.15, 0.2) is 0 Å². The molecular weight excluding hydrogens is 324 g/mol. The molecule has 0 unspecified atom stereocenters. The van der Waals surface area contributed by atoms with E-state index in [9.17, 15) is 19.2 Å². The molecule has 1 aromatic carbocycles. The van der Waals surface area contributed by atoms with Gasteiger partial charge in [-0.25, -0.2) is 0 Å². The zero-order valence-electron chi connectivity index (χ0n) is 14.0. The Hall–Kier alpha value is -2.70. The van der Waals surface area contributed by atoms with Crippen molar-refractivity contribution in [3.63, 3.8) is 0 Å². The number of carboxylic acid groups (broad SMARTS) is 1. The first-order chi connectivity index (χ1) is 12.0. The number of hydrogen-bond donors (Lipinski definition) is 2. The van der Waals surface area contributed by atoms with Crippen LogP contribution in [0.3, 0.4) is 0 Å². The Balaban J connectivity index is 1.64. The predicted molar refractivity (Wildman–Crippen MR) is 90.2 cm³/mol. The van der Waals surface area contributed by atoms with Gasteiger partial charge in [-0.2, -0.15) is 0 Å². The summed E-state index contributed by atoms with van der Waals surface area (Å²) in [5.74, 6) is -2.01.